The second kappa shape index (κ2) is 11.8. The molecule has 5 aromatic rings. The fraction of sp³-hybridized carbons (Fsp3) is 0. The number of rotatable bonds is 5. The third-order valence-electron chi connectivity index (χ3n) is 4.86. The summed E-state index contributed by atoms with van der Waals surface area (Å²) in [4.78, 5) is 11.0. The summed E-state index contributed by atoms with van der Waals surface area (Å²) >= 11 is 0. The van der Waals surface area contributed by atoms with E-state index < -0.39 is 0 Å². The predicted octanol–water partition coefficient (Wildman–Crippen LogP) is 6.68. The Labute approximate surface area is 223 Å². The van der Waals surface area contributed by atoms with Gasteiger partial charge >= 0.3 is 21.1 Å². The Morgan fingerprint density at radius 2 is 1.06 bits per heavy atom. The van der Waals surface area contributed by atoms with Crippen LogP contribution in [0.5, 0.6) is 0 Å². The van der Waals surface area contributed by atoms with Gasteiger partial charge in [-0.25, -0.2) is 0 Å². The van der Waals surface area contributed by atoms with Gasteiger partial charge in [0.25, 0.3) is 0 Å². The molecule has 0 N–H and O–H groups in total. The molecule has 33 heavy (non-hydrogen) atoms. The number of nitrogens with zero attached hydrogens (tertiary/aromatic N) is 3. The van der Waals surface area contributed by atoms with E-state index in [0.29, 0.717) is 0 Å². The van der Waals surface area contributed by atoms with Crippen LogP contribution >= 0.6 is 0 Å². The van der Waals surface area contributed by atoms with Gasteiger partial charge in [-0.1, -0.05) is 30.0 Å². The topological polar surface area (TPSA) is 29.0 Å². The number of aromatic nitrogens is 2. The third-order valence-corrected chi connectivity index (χ3v) is 4.86. The molecule has 0 aliphatic rings. The number of hydrogen-bond acceptors (Lipinski definition) is 3. The van der Waals surface area contributed by atoms with Crippen LogP contribution in [0, 0.1) is 18.2 Å². The average Bonchev–Trinajstić information content (AvgIpc) is 2.86. The molecule has 0 unspecified atom stereocenters. The normalized spacial score (nSPS) is 9.94. The molecule has 0 bridgehead atoms. The maximum Gasteiger partial charge on any atom is 2.00 e. The smallest absolute Gasteiger partial charge is 0.370 e. The first kappa shape index (κ1) is 24.8. The Hall–Kier alpha value is -2.86. The van der Waals surface area contributed by atoms with Crippen molar-refractivity contribution in [1.29, 1.82) is 0 Å². The molecule has 0 aliphatic carbocycles. The SMILES string of the molecule is [Pt+2].[Pt].[c-]1ccccc1N(c1[c-]c(-c2ccccn2)ccc1)c1[c-]c(-c2ccccn2)ccc1. The van der Waals surface area contributed by atoms with E-state index in [1.807, 2.05) is 97.1 Å². The van der Waals surface area contributed by atoms with Gasteiger partial charge in [-0.2, -0.15) is 24.3 Å². The van der Waals surface area contributed by atoms with Crippen LogP contribution in [-0.2, 0) is 42.1 Å². The van der Waals surface area contributed by atoms with Crippen molar-refractivity contribution in [3.63, 3.8) is 0 Å². The van der Waals surface area contributed by atoms with Crippen molar-refractivity contribution in [2.45, 2.75) is 0 Å². The second-order valence-electron chi connectivity index (χ2n) is 6.91. The molecule has 2 heterocycles. The van der Waals surface area contributed by atoms with Crippen LogP contribution in [0.2, 0.25) is 0 Å². The van der Waals surface area contributed by atoms with Crippen LogP contribution in [0.15, 0.2) is 109 Å². The molecule has 166 valence electrons. The number of para-hydroxylation sites is 1. The van der Waals surface area contributed by atoms with Crippen LogP contribution in [0.3, 0.4) is 0 Å². The Morgan fingerprint density at radius 1 is 0.545 bits per heavy atom. The molecular formula is C28H18N3Pt2-. The van der Waals surface area contributed by atoms with E-state index in [4.69, 9.17) is 0 Å². The minimum absolute atomic E-state index is 0. The van der Waals surface area contributed by atoms with Gasteiger partial charge in [-0.3, -0.25) is 0 Å². The molecule has 3 nitrogen and oxygen atoms in total. The van der Waals surface area contributed by atoms with E-state index in [1.54, 1.807) is 12.4 Å². The summed E-state index contributed by atoms with van der Waals surface area (Å²) in [5.74, 6) is 0. The van der Waals surface area contributed by atoms with Crippen LogP contribution in [0.1, 0.15) is 0 Å². The maximum absolute atomic E-state index is 4.48. The van der Waals surface area contributed by atoms with Gasteiger partial charge in [0.2, 0.25) is 0 Å². The number of hydrogen-bond donors (Lipinski definition) is 0. The average molecular weight is 787 g/mol. The first-order valence-corrected chi connectivity index (χ1v) is 10.0. The van der Waals surface area contributed by atoms with Crippen molar-refractivity contribution >= 4 is 17.1 Å². The van der Waals surface area contributed by atoms with Crippen LogP contribution in [0.25, 0.3) is 22.5 Å². The first-order chi connectivity index (χ1) is 15.4. The van der Waals surface area contributed by atoms with E-state index in [0.717, 1.165) is 39.6 Å². The van der Waals surface area contributed by atoms with Gasteiger partial charge in [-0.05, 0) is 34.9 Å². The molecule has 0 aliphatic heterocycles. The van der Waals surface area contributed by atoms with Crippen molar-refractivity contribution in [1.82, 2.24) is 9.97 Å². The zero-order valence-corrected chi connectivity index (χ0v) is 21.9. The van der Waals surface area contributed by atoms with Crippen molar-refractivity contribution < 1.29 is 42.1 Å². The quantitative estimate of drug-likeness (QED) is 0.187. The van der Waals surface area contributed by atoms with Gasteiger partial charge in [0.1, 0.15) is 0 Å². The number of pyridine rings is 2. The van der Waals surface area contributed by atoms with Crippen molar-refractivity contribution in [3.8, 4) is 22.5 Å². The largest absolute Gasteiger partial charge is 2.00 e. The summed E-state index contributed by atoms with van der Waals surface area (Å²) < 4.78 is 0. The zero-order valence-electron chi connectivity index (χ0n) is 17.4. The van der Waals surface area contributed by atoms with E-state index in [9.17, 15) is 0 Å². The van der Waals surface area contributed by atoms with E-state index in [2.05, 4.69) is 33.1 Å². The molecule has 0 fully saturated rings. The Bertz CT molecular complexity index is 1200. The molecule has 0 amide bonds. The summed E-state index contributed by atoms with van der Waals surface area (Å²) in [6.45, 7) is 0. The second-order valence-corrected chi connectivity index (χ2v) is 6.91. The van der Waals surface area contributed by atoms with Gasteiger partial charge in [-0.15, -0.1) is 65.7 Å². The fourth-order valence-corrected chi connectivity index (χ4v) is 3.43. The van der Waals surface area contributed by atoms with E-state index in [-0.39, 0.29) is 42.1 Å². The summed E-state index contributed by atoms with van der Waals surface area (Å²) in [6, 6.07) is 42.2. The van der Waals surface area contributed by atoms with Crippen molar-refractivity contribution in [2.75, 3.05) is 4.90 Å². The number of benzene rings is 3. The van der Waals surface area contributed by atoms with E-state index in [1.165, 1.54) is 0 Å². The molecule has 3 aromatic carbocycles. The Balaban J connectivity index is 0.00000153. The minimum Gasteiger partial charge on any atom is -0.370 e. The molecule has 0 atom stereocenters. The number of anilines is 3. The monoisotopic (exact) mass is 786 g/mol. The van der Waals surface area contributed by atoms with Crippen LogP contribution in [0.4, 0.5) is 17.1 Å². The standard InChI is InChI=1S/C28H18N3.2Pt/c1-2-12-24(13-3-1)31(25-14-8-10-22(20-25)27-16-4-6-18-29-27)26-15-9-11-23(21-26)28-17-5-7-19-30-28;;/h1-12,14-19H;;/q-3;;+2. The fourth-order valence-electron chi connectivity index (χ4n) is 3.43. The van der Waals surface area contributed by atoms with Crippen molar-refractivity contribution in [2.24, 2.45) is 0 Å². The van der Waals surface area contributed by atoms with Gasteiger partial charge in [0, 0.05) is 33.5 Å². The molecule has 5 heteroatoms. The molecule has 5 rings (SSSR count). The summed E-state index contributed by atoms with van der Waals surface area (Å²) in [7, 11) is 0. The molecule has 2 aromatic heterocycles. The van der Waals surface area contributed by atoms with Crippen LogP contribution in [-0.4, -0.2) is 9.97 Å². The van der Waals surface area contributed by atoms with Gasteiger partial charge in [0.15, 0.2) is 0 Å². The molecule has 0 saturated carbocycles. The van der Waals surface area contributed by atoms with Gasteiger partial charge < -0.3 is 14.9 Å². The summed E-state index contributed by atoms with van der Waals surface area (Å²) in [5.41, 5.74) is 6.31. The first-order valence-electron chi connectivity index (χ1n) is 10.0. The molecule has 0 saturated heterocycles. The third kappa shape index (κ3) is 5.74. The predicted molar refractivity (Wildman–Crippen MR) is 124 cm³/mol. The maximum atomic E-state index is 4.48. The Morgan fingerprint density at radius 3 is 1.52 bits per heavy atom. The summed E-state index contributed by atoms with van der Waals surface area (Å²) in [5, 5.41) is 0. The molecule has 0 radical (unpaired) electrons. The Kier molecular flexibility index (Phi) is 8.89. The van der Waals surface area contributed by atoms with Gasteiger partial charge in [0.05, 0.1) is 0 Å². The van der Waals surface area contributed by atoms with E-state index >= 15 is 0 Å². The van der Waals surface area contributed by atoms with Crippen molar-refractivity contribution in [3.05, 3.63) is 128 Å². The molecular weight excluding hydrogens is 768 g/mol. The summed E-state index contributed by atoms with van der Waals surface area (Å²) in [6.07, 6.45) is 3.59. The minimum atomic E-state index is 0. The molecule has 0 spiro atoms. The van der Waals surface area contributed by atoms with Crippen LogP contribution < -0.4 is 4.90 Å². The zero-order chi connectivity index (χ0) is 20.9.